The van der Waals surface area contributed by atoms with Crippen LogP contribution in [0, 0.1) is 5.92 Å². The van der Waals surface area contributed by atoms with Crippen LogP contribution in [0.3, 0.4) is 0 Å². The van der Waals surface area contributed by atoms with E-state index in [1.54, 1.807) is 0 Å². The summed E-state index contributed by atoms with van der Waals surface area (Å²) >= 11 is 0. The molecule has 1 aliphatic carbocycles. The standard InChI is InChI=1S/C14H21NOS/c1-3-10(2)9-17(16)13-8-11-6-4-5-7-12(11)14(13)15/h4-7,10,13-14H,3,8-9,15H2,1-2H3. The Labute approximate surface area is 106 Å². The summed E-state index contributed by atoms with van der Waals surface area (Å²) in [7, 11) is -0.807. The maximum Gasteiger partial charge on any atom is 0.0581 e. The van der Waals surface area contributed by atoms with Gasteiger partial charge >= 0.3 is 0 Å². The molecule has 0 aromatic heterocycles. The van der Waals surface area contributed by atoms with Gasteiger partial charge in [0.15, 0.2) is 0 Å². The van der Waals surface area contributed by atoms with Crippen LogP contribution in [0.1, 0.15) is 37.4 Å². The van der Waals surface area contributed by atoms with Crippen molar-refractivity contribution < 1.29 is 4.21 Å². The number of rotatable bonds is 4. The predicted octanol–water partition coefficient (Wildman–Crippen LogP) is 2.41. The van der Waals surface area contributed by atoms with Crippen LogP contribution in [-0.2, 0) is 17.2 Å². The lowest BCUT2D eigenvalue weighted by atomic mass is 10.1. The number of nitrogens with two attached hydrogens (primary N) is 1. The lowest BCUT2D eigenvalue weighted by Gasteiger charge is -2.17. The molecule has 2 rings (SSSR count). The van der Waals surface area contributed by atoms with Gasteiger partial charge in [-0.15, -0.1) is 0 Å². The van der Waals surface area contributed by atoms with Crippen LogP contribution in [0.5, 0.6) is 0 Å². The van der Waals surface area contributed by atoms with E-state index in [0.29, 0.717) is 5.92 Å². The molecule has 1 aromatic carbocycles. The van der Waals surface area contributed by atoms with Gasteiger partial charge in [-0.05, 0) is 23.5 Å². The maximum atomic E-state index is 12.3. The molecule has 0 fully saturated rings. The number of fused-ring (bicyclic) bond motifs is 1. The Balaban J connectivity index is 2.09. The minimum Gasteiger partial charge on any atom is -0.323 e. The smallest absolute Gasteiger partial charge is 0.0581 e. The molecule has 1 aromatic rings. The summed E-state index contributed by atoms with van der Waals surface area (Å²) in [6.45, 7) is 4.30. The third-order valence-corrected chi connectivity index (χ3v) is 5.75. The molecule has 1 aliphatic rings. The second-order valence-electron chi connectivity index (χ2n) is 5.03. The molecule has 17 heavy (non-hydrogen) atoms. The third-order valence-electron chi connectivity index (χ3n) is 3.72. The highest BCUT2D eigenvalue weighted by atomic mass is 32.2. The van der Waals surface area contributed by atoms with Gasteiger partial charge in [0.1, 0.15) is 0 Å². The third kappa shape index (κ3) is 2.61. The molecular formula is C14H21NOS. The van der Waals surface area contributed by atoms with E-state index in [9.17, 15) is 4.21 Å². The van der Waals surface area contributed by atoms with E-state index in [0.717, 1.165) is 18.6 Å². The quantitative estimate of drug-likeness (QED) is 0.893. The summed E-state index contributed by atoms with van der Waals surface area (Å²) in [4.78, 5) is 0. The van der Waals surface area contributed by atoms with Crippen molar-refractivity contribution in [1.29, 1.82) is 0 Å². The molecule has 4 unspecified atom stereocenters. The Morgan fingerprint density at radius 3 is 2.82 bits per heavy atom. The van der Waals surface area contributed by atoms with Crippen LogP contribution in [0.25, 0.3) is 0 Å². The van der Waals surface area contributed by atoms with Crippen LogP contribution in [0.15, 0.2) is 24.3 Å². The number of benzene rings is 1. The highest BCUT2D eigenvalue weighted by Gasteiger charge is 2.33. The van der Waals surface area contributed by atoms with Crippen LogP contribution in [-0.4, -0.2) is 15.2 Å². The summed E-state index contributed by atoms with van der Waals surface area (Å²) in [5.74, 6) is 1.30. The molecule has 0 aliphatic heterocycles. The zero-order valence-corrected chi connectivity index (χ0v) is 11.4. The van der Waals surface area contributed by atoms with Crippen molar-refractivity contribution >= 4 is 10.8 Å². The minimum atomic E-state index is -0.807. The molecule has 0 heterocycles. The predicted molar refractivity (Wildman–Crippen MR) is 73.3 cm³/mol. The highest BCUT2D eigenvalue weighted by molar-refractivity contribution is 7.85. The first kappa shape index (κ1) is 12.8. The van der Waals surface area contributed by atoms with E-state index in [1.807, 2.05) is 12.1 Å². The molecule has 2 nitrogen and oxygen atoms in total. The highest BCUT2D eigenvalue weighted by Crippen LogP contribution is 2.33. The summed E-state index contributed by atoms with van der Waals surface area (Å²) in [5.41, 5.74) is 8.69. The van der Waals surface area contributed by atoms with E-state index in [1.165, 1.54) is 11.1 Å². The van der Waals surface area contributed by atoms with Gasteiger partial charge in [-0.3, -0.25) is 4.21 Å². The molecule has 0 saturated heterocycles. The molecular weight excluding hydrogens is 230 g/mol. The average molecular weight is 251 g/mol. The molecule has 0 amide bonds. The Morgan fingerprint density at radius 1 is 1.47 bits per heavy atom. The fraction of sp³-hybridized carbons (Fsp3) is 0.571. The number of hydrogen-bond acceptors (Lipinski definition) is 2. The van der Waals surface area contributed by atoms with Gasteiger partial charge in [0.05, 0.1) is 5.25 Å². The van der Waals surface area contributed by atoms with Crippen LogP contribution in [0.4, 0.5) is 0 Å². The topological polar surface area (TPSA) is 43.1 Å². The summed E-state index contributed by atoms with van der Waals surface area (Å²) in [5, 5.41) is 0.112. The molecule has 94 valence electrons. The summed E-state index contributed by atoms with van der Waals surface area (Å²) < 4.78 is 12.3. The van der Waals surface area contributed by atoms with Gasteiger partial charge < -0.3 is 5.73 Å². The van der Waals surface area contributed by atoms with Crippen molar-refractivity contribution in [1.82, 2.24) is 0 Å². The normalized spacial score (nSPS) is 26.5. The lowest BCUT2D eigenvalue weighted by molar-refractivity contribution is 0.599. The summed E-state index contributed by atoms with van der Waals surface area (Å²) in [6.07, 6.45) is 1.96. The van der Waals surface area contributed by atoms with E-state index in [-0.39, 0.29) is 11.3 Å². The van der Waals surface area contributed by atoms with Crippen molar-refractivity contribution in [2.24, 2.45) is 11.7 Å². The van der Waals surface area contributed by atoms with Gasteiger partial charge in [0, 0.05) is 22.6 Å². The fourth-order valence-corrected chi connectivity index (χ4v) is 4.25. The van der Waals surface area contributed by atoms with Gasteiger partial charge in [-0.2, -0.15) is 0 Å². The minimum absolute atomic E-state index is 0.0453. The van der Waals surface area contributed by atoms with Crippen molar-refractivity contribution in [3.8, 4) is 0 Å². The average Bonchev–Trinajstić information content (AvgIpc) is 2.67. The van der Waals surface area contributed by atoms with Crippen molar-refractivity contribution in [2.45, 2.75) is 38.0 Å². The Hall–Kier alpha value is -0.670. The van der Waals surface area contributed by atoms with E-state index in [2.05, 4.69) is 26.0 Å². The monoisotopic (exact) mass is 251 g/mol. The molecule has 4 atom stereocenters. The molecule has 0 saturated carbocycles. The van der Waals surface area contributed by atoms with Crippen molar-refractivity contribution in [3.05, 3.63) is 35.4 Å². The van der Waals surface area contributed by atoms with Crippen molar-refractivity contribution in [3.63, 3.8) is 0 Å². The maximum absolute atomic E-state index is 12.3. The van der Waals surface area contributed by atoms with Crippen LogP contribution < -0.4 is 5.73 Å². The van der Waals surface area contributed by atoms with E-state index < -0.39 is 10.8 Å². The second-order valence-corrected chi connectivity index (χ2v) is 6.73. The second kappa shape index (κ2) is 5.32. The zero-order valence-electron chi connectivity index (χ0n) is 10.6. The van der Waals surface area contributed by atoms with E-state index in [4.69, 9.17) is 5.73 Å². The first-order valence-corrected chi connectivity index (χ1v) is 7.72. The van der Waals surface area contributed by atoms with Gasteiger partial charge in [-0.1, -0.05) is 44.5 Å². The first-order valence-electron chi connectivity index (χ1n) is 6.34. The van der Waals surface area contributed by atoms with E-state index >= 15 is 0 Å². The number of hydrogen-bond donors (Lipinski definition) is 1. The molecule has 2 N–H and O–H groups in total. The largest absolute Gasteiger partial charge is 0.323 e. The summed E-state index contributed by atoms with van der Waals surface area (Å²) in [6, 6.07) is 8.18. The molecule has 0 bridgehead atoms. The van der Waals surface area contributed by atoms with Crippen molar-refractivity contribution in [2.75, 3.05) is 5.75 Å². The Bertz CT molecular complexity index is 418. The zero-order chi connectivity index (χ0) is 12.4. The Morgan fingerprint density at radius 2 is 2.18 bits per heavy atom. The molecule has 0 radical (unpaired) electrons. The van der Waals surface area contributed by atoms with Gasteiger partial charge in [-0.25, -0.2) is 0 Å². The van der Waals surface area contributed by atoms with Gasteiger partial charge in [0.2, 0.25) is 0 Å². The van der Waals surface area contributed by atoms with Gasteiger partial charge in [0.25, 0.3) is 0 Å². The SMILES string of the molecule is CCC(C)CS(=O)C1Cc2ccccc2C1N. The molecule has 3 heteroatoms. The van der Waals surface area contributed by atoms with Crippen LogP contribution >= 0.6 is 0 Å². The Kier molecular flexibility index (Phi) is 4.00. The first-order chi connectivity index (χ1) is 8.13. The molecule has 0 spiro atoms. The van der Waals surface area contributed by atoms with Crippen LogP contribution in [0.2, 0.25) is 0 Å². The fourth-order valence-electron chi connectivity index (χ4n) is 2.37. The lowest BCUT2D eigenvalue weighted by Crippen LogP contribution is -2.29.